The summed E-state index contributed by atoms with van der Waals surface area (Å²) in [7, 11) is 5.47. The fourth-order valence-corrected chi connectivity index (χ4v) is 2.90. The van der Waals surface area contributed by atoms with Crippen molar-refractivity contribution >= 4 is 39.4 Å². The SMILES string of the molecule is COCCOC(=O)Nc1cccc(NC(=O)N(CCN(C)C)Cc2ccc(Br)cc2)c1. The Kier molecular flexibility index (Phi) is 10.3. The zero-order valence-corrected chi connectivity index (χ0v) is 19.6. The van der Waals surface area contributed by atoms with E-state index in [0.717, 1.165) is 16.6 Å². The van der Waals surface area contributed by atoms with E-state index in [1.165, 1.54) is 7.11 Å². The zero-order chi connectivity index (χ0) is 22.6. The number of nitrogens with zero attached hydrogens (tertiary/aromatic N) is 2. The van der Waals surface area contributed by atoms with Gasteiger partial charge in [-0.15, -0.1) is 0 Å². The average molecular weight is 493 g/mol. The van der Waals surface area contributed by atoms with Crippen molar-refractivity contribution in [1.82, 2.24) is 9.80 Å². The number of amides is 3. The van der Waals surface area contributed by atoms with Crippen molar-refractivity contribution < 1.29 is 19.1 Å². The standard InChI is InChI=1S/C22H29BrN4O4/c1-26(2)11-12-27(16-17-7-9-18(23)10-8-17)21(28)24-19-5-4-6-20(15-19)25-22(29)31-14-13-30-3/h4-10,15H,11-14,16H2,1-3H3,(H,24,28)(H,25,29). The Morgan fingerprint density at radius 3 is 2.29 bits per heavy atom. The average Bonchev–Trinajstić information content (AvgIpc) is 2.72. The van der Waals surface area contributed by atoms with Crippen LogP contribution in [0.15, 0.2) is 53.0 Å². The molecule has 8 nitrogen and oxygen atoms in total. The smallest absolute Gasteiger partial charge is 0.411 e. The van der Waals surface area contributed by atoms with E-state index < -0.39 is 6.09 Å². The van der Waals surface area contributed by atoms with Crippen LogP contribution in [0.5, 0.6) is 0 Å². The number of carbonyl (C=O) groups excluding carboxylic acids is 2. The van der Waals surface area contributed by atoms with Crippen LogP contribution in [0.2, 0.25) is 0 Å². The molecule has 168 valence electrons. The Morgan fingerprint density at radius 2 is 1.65 bits per heavy atom. The summed E-state index contributed by atoms with van der Waals surface area (Å²) in [5.74, 6) is 0. The molecule has 0 aliphatic rings. The molecule has 0 aliphatic heterocycles. The second-order valence-electron chi connectivity index (χ2n) is 7.12. The molecule has 0 saturated carbocycles. The minimum atomic E-state index is -0.580. The van der Waals surface area contributed by atoms with E-state index in [4.69, 9.17) is 9.47 Å². The Morgan fingerprint density at radius 1 is 0.968 bits per heavy atom. The Labute approximate surface area is 191 Å². The molecule has 0 radical (unpaired) electrons. The molecule has 0 aromatic heterocycles. The third-order valence-corrected chi connectivity index (χ3v) is 4.80. The molecule has 0 heterocycles. The van der Waals surface area contributed by atoms with Crippen molar-refractivity contribution in [3.05, 3.63) is 58.6 Å². The molecule has 0 aliphatic carbocycles. The highest BCUT2D eigenvalue weighted by Gasteiger charge is 2.15. The van der Waals surface area contributed by atoms with Gasteiger partial charge in [0.05, 0.1) is 6.61 Å². The molecule has 31 heavy (non-hydrogen) atoms. The molecule has 2 N–H and O–H groups in total. The van der Waals surface area contributed by atoms with Gasteiger partial charge in [0.25, 0.3) is 0 Å². The molecule has 3 amide bonds. The summed E-state index contributed by atoms with van der Waals surface area (Å²) in [6, 6.07) is 14.6. The van der Waals surface area contributed by atoms with Gasteiger partial charge in [-0.3, -0.25) is 5.32 Å². The van der Waals surface area contributed by atoms with Crippen molar-refractivity contribution in [2.75, 3.05) is 58.1 Å². The van der Waals surface area contributed by atoms with Crippen LogP contribution in [0.1, 0.15) is 5.56 Å². The second kappa shape index (κ2) is 12.9. The van der Waals surface area contributed by atoms with Gasteiger partial charge in [-0.25, -0.2) is 9.59 Å². The number of nitrogens with one attached hydrogen (secondary N) is 2. The van der Waals surface area contributed by atoms with Crippen LogP contribution in [-0.2, 0) is 16.0 Å². The van der Waals surface area contributed by atoms with Crippen LogP contribution in [0.4, 0.5) is 21.0 Å². The Hall–Kier alpha value is -2.62. The van der Waals surface area contributed by atoms with Gasteiger partial charge in [-0.2, -0.15) is 0 Å². The molecule has 0 bridgehead atoms. The predicted molar refractivity (Wildman–Crippen MR) is 125 cm³/mol. The molecule has 0 fully saturated rings. The number of carbonyl (C=O) groups is 2. The normalized spacial score (nSPS) is 10.6. The third-order valence-electron chi connectivity index (χ3n) is 4.27. The fourth-order valence-electron chi connectivity index (χ4n) is 2.63. The molecule has 0 spiro atoms. The summed E-state index contributed by atoms with van der Waals surface area (Å²) in [5.41, 5.74) is 2.13. The van der Waals surface area contributed by atoms with E-state index in [9.17, 15) is 9.59 Å². The lowest BCUT2D eigenvalue weighted by Crippen LogP contribution is -2.39. The maximum Gasteiger partial charge on any atom is 0.411 e. The molecule has 2 aromatic rings. The van der Waals surface area contributed by atoms with E-state index >= 15 is 0 Å². The molecule has 0 unspecified atom stereocenters. The summed E-state index contributed by atoms with van der Waals surface area (Å²) < 4.78 is 10.8. The lowest BCUT2D eigenvalue weighted by atomic mass is 10.2. The molecule has 2 rings (SSSR count). The van der Waals surface area contributed by atoms with Gasteiger partial charge in [0.1, 0.15) is 6.61 Å². The number of hydrogen-bond acceptors (Lipinski definition) is 5. The van der Waals surface area contributed by atoms with Gasteiger partial charge in [0.2, 0.25) is 0 Å². The first kappa shape index (κ1) is 24.6. The van der Waals surface area contributed by atoms with Crippen LogP contribution >= 0.6 is 15.9 Å². The van der Waals surface area contributed by atoms with Crippen LogP contribution in [0.3, 0.4) is 0 Å². The topological polar surface area (TPSA) is 83.1 Å². The number of hydrogen-bond donors (Lipinski definition) is 2. The highest BCUT2D eigenvalue weighted by atomic mass is 79.9. The first-order valence-corrected chi connectivity index (χ1v) is 10.6. The molecule has 0 atom stereocenters. The lowest BCUT2D eigenvalue weighted by Gasteiger charge is -2.25. The minimum Gasteiger partial charge on any atom is -0.447 e. The summed E-state index contributed by atoms with van der Waals surface area (Å²) in [6.07, 6.45) is -0.580. The minimum absolute atomic E-state index is 0.162. The number of halogens is 1. The van der Waals surface area contributed by atoms with E-state index in [-0.39, 0.29) is 12.6 Å². The van der Waals surface area contributed by atoms with E-state index in [1.807, 2.05) is 43.3 Å². The largest absolute Gasteiger partial charge is 0.447 e. The first-order chi connectivity index (χ1) is 14.9. The van der Waals surface area contributed by atoms with E-state index in [0.29, 0.717) is 31.1 Å². The molecule has 9 heteroatoms. The third kappa shape index (κ3) is 9.37. The quantitative estimate of drug-likeness (QED) is 0.484. The number of ether oxygens (including phenoxy) is 2. The molecule has 2 aromatic carbocycles. The van der Waals surface area contributed by atoms with Crippen molar-refractivity contribution in [1.29, 1.82) is 0 Å². The van der Waals surface area contributed by atoms with Gasteiger partial charge < -0.3 is 24.6 Å². The number of methoxy groups -OCH3 is 1. The maximum absolute atomic E-state index is 13.0. The van der Waals surface area contributed by atoms with Crippen LogP contribution in [-0.4, -0.2) is 69.4 Å². The fraction of sp³-hybridized carbons (Fsp3) is 0.364. The van der Waals surface area contributed by atoms with Gasteiger partial charge >= 0.3 is 12.1 Å². The van der Waals surface area contributed by atoms with Crippen molar-refractivity contribution in [2.24, 2.45) is 0 Å². The number of rotatable bonds is 10. The maximum atomic E-state index is 13.0. The van der Waals surface area contributed by atoms with Gasteiger partial charge in [0, 0.05) is 42.6 Å². The second-order valence-corrected chi connectivity index (χ2v) is 8.03. The van der Waals surface area contributed by atoms with Crippen LogP contribution < -0.4 is 10.6 Å². The summed E-state index contributed by atoms with van der Waals surface area (Å²) in [6.45, 7) is 2.27. The van der Waals surface area contributed by atoms with Crippen molar-refractivity contribution in [2.45, 2.75) is 6.54 Å². The summed E-state index contributed by atoms with van der Waals surface area (Å²) in [4.78, 5) is 28.6. The highest BCUT2D eigenvalue weighted by molar-refractivity contribution is 9.10. The number of urea groups is 1. The van der Waals surface area contributed by atoms with Crippen LogP contribution in [0.25, 0.3) is 0 Å². The zero-order valence-electron chi connectivity index (χ0n) is 18.1. The molecular formula is C22H29BrN4O4. The highest BCUT2D eigenvalue weighted by Crippen LogP contribution is 2.17. The molecular weight excluding hydrogens is 464 g/mol. The van der Waals surface area contributed by atoms with Gasteiger partial charge in [-0.05, 0) is 50.0 Å². The summed E-state index contributed by atoms with van der Waals surface area (Å²) in [5, 5.41) is 5.55. The number of likely N-dealkylation sites (N-methyl/N-ethyl adjacent to an activating group) is 1. The Balaban J connectivity index is 2.02. The predicted octanol–water partition coefficient (Wildman–Crippen LogP) is 4.24. The monoisotopic (exact) mass is 492 g/mol. The molecule has 0 saturated heterocycles. The van der Waals surface area contributed by atoms with E-state index in [1.54, 1.807) is 29.2 Å². The van der Waals surface area contributed by atoms with Gasteiger partial charge in [-0.1, -0.05) is 34.1 Å². The number of benzene rings is 2. The first-order valence-electron chi connectivity index (χ1n) is 9.85. The van der Waals surface area contributed by atoms with Crippen LogP contribution in [0, 0.1) is 0 Å². The number of anilines is 2. The summed E-state index contributed by atoms with van der Waals surface area (Å²) >= 11 is 3.43. The Bertz CT molecular complexity index is 846. The lowest BCUT2D eigenvalue weighted by molar-refractivity contribution is 0.107. The van der Waals surface area contributed by atoms with E-state index in [2.05, 4.69) is 26.6 Å². The van der Waals surface area contributed by atoms with Gasteiger partial charge in [0.15, 0.2) is 0 Å². The van der Waals surface area contributed by atoms with Crippen molar-refractivity contribution in [3.63, 3.8) is 0 Å². The van der Waals surface area contributed by atoms with Crippen molar-refractivity contribution in [3.8, 4) is 0 Å².